The van der Waals surface area contributed by atoms with Gasteiger partial charge in [0, 0.05) is 23.5 Å². The van der Waals surface area contributed by atoms with Gasteiger partial charge in [-0.2, -0.15) is 0 Å². The Morgan fingerprint density at radius 3 is 2.34 bits per heavy atom. The van der Waals surface area contributed by atoms with Crippen LogP contribution in [0, 0.1) is 10.1 Å². The van der Waals surface area contributed by atoms with Gasteiger partial charge in [-0.05, 0) is 31.5 Å². The molecule has 0 saturated carbocycles. The summed E-state index contributed by atoms with van der Waals surface area (Å²) in [5, 5.41) is 14.4. The lowest BCUT2D eigenvalue weighted by atomic mass is 9.80. The third-order valence-corrected chi connectivity index (χ3v) is 4.90. The minimum Gasteiger partial charge on any atom is -0.458 e. The number of hydrogen-bond acceptors (Lipinski definition) is 7. The van der Waals surface area contributed by atoms with Crippen molar-refractivity contribution in [3.63, 3.8) is 0 Å². The van der Waals surface area contributed by atoms with Gasteiger partial charge in [-0.1, -0.05) is 43.0 Å². The quantitative estimate of drug-likeness (QED) is 0.229. The molecule has 32 heavy (non-hydrogen) atoms. The van der Waals surface area contributed by atoms with Crippen LogP contribution in [-0.2, 0) is 14.3 Å². The Hall–Kier alpha value is -4.20. The van der Waals surface area contributed by atoms with Crippen molar-refractivity contribution in [1.29, 1.82) is 0 Å². The van der Waals surface area contributed by atoms with Gasteiger partial charge in [-0.15, -0.1) is 0 Å². The fourth-order valence-electron chi connectivity index (χ4n) is 3.55. The molecule has 1 aliphatic heterocycles. The van der Waals surface area contributed by atoms with Gasteiger partial charge in [0.25, 0.3) is 5.69 Å². The van der Waals surface area contributed by atoms with Gasteiger partial charge < -0.3 is 14.8 Å². The molecule has 0 fully saturated rings. The first kappa shape index (κ1) is 22.5. The molecule has 2 aromatic carbocycles. The first-order valence-corrected chi connectivity index (χ1v) is 9.81. The number of carbonyl (C=O) groups is 2. The van der Waals surface area contributed by atoms with E-state index in [0.29, 0.717) is 22.7 Å². The summed E-state index contributed by atoms with van der Waals surface area (Å²) in [5.41, 5.74) is 1.50. The number of hydrogen-bond donors (Lipinski definition) is 1. The number of para-hydroxylation sites is 1. The predicted octanol–water partition coefficient (Wildman–Crippen LogP) is 4.16. The minimum atomic E-state index is -0.926. The van der Waals surface area contributed by atoms with E-state index < -0.39 is 22.8 Å². The Bertz CT molecular complexity index is 1130. The number of allylic oxidation sites excluding steroid dienone is 2. The lowest BCUT2D eigenvalue weighted by Gasteiger charge is -2.30. The molecule has 0 saturated heterocycles. The monoisotopic (exact) mass is 434 g/mol. The zero-order valence-electron chi connectivity index (χ0n) is 17.7. The third-order valence-electron chi connectivity index (χ3n) is 4.90. The zero-order chi connectivity index (χ0) is 23.3. The third kappa shape index (κ3) is 4.75. The van der Waals surface area contributed by atoms with Gasteiger partial charge in [0.15, 0.2) is 0 Å². The standard InChI is InChI=1S/C24H22N2O6/c1-4-13-31-23(27)20-15(2)25-16(3)21(24(28)32-19-11-6-5-7-12-19)22(20)17-9-8-10-18(14-17)26(29)30/h4-12,14,22,25H,1,13H2,2-3H3. The number of benzene rings is 2. The van der Waals surface area contributed by atoms with Crippen molar-refractivity contribution in [2.24, 2.45) is 0 Å². The van der Waals surface area contributed by atoms with Crippen molar-refractivity contribution in [1.82, 2.24) is 5.32 Å². The summed E-state index contributed by atoms with van der Waals surface area (Å²) in [6.45, 7) is 6.88. The molecule has 2 aromatic rings. The number of non-ortho nitro benzene ring substituents is 1. The second kappa shape index (κ2) is 9.74. The van der Waals surface area contributed by atoms with Crippen molar-refractivity contribution in [2.45, 2.75) is 19.8 Å². The van der Waals surface area contributed by atoms with Gasteiger partial charge in [0.05, 0.1) is 22.0 Å². The predicted molar refractivity (Wildman–Crippen MR) is 118 cm³/mol. The molecule has 3 rings (SSSR count). The molecule has 0 aliphatic carbocycles. The number of rotatable bonds is 7. The highest BCUT2D eigenvalue weighted by Crippen LogP contribution is 2.40. The molecule has 1 atom stereocenters. The molecule has 0 spiro atoms. The largest absolute Gasteiger partial charge is 0.458 e. The molecule has 0 radical (unpaired) electrons. The van der Waals surface area contributed by atoms with Crippen LogP contribution < -0.4 is 10.1 Å². The van der Waals surface area contributed by atoms with Crippen LogP contribution in [0.4, 0.5) is 5.69 Å². The van der Waals surface area contributed by atoms with Crippen molar-refractivity contribution in [3.8, 4) is 5.75 Å². The SMILES string of the molecule is C=CCOC(=O)C1=C(C)NC(C)=C(C(=O)Oc2ccccc2)C1c1cccc([N+](=O)[O-])c1. The molecular formula is C24H22N2O6. The Morgan fingerprint density at radius 1 is 1.06 bits per heavy atom. The highest BCUT2D eigenvalue weighted by molar-refractivity contribution is 6.00. The molecule has 164 valence electrons. The normalized spacial score (nSPS) is 15.6. The van der Waals surface area contributed by atoms with Crippen LogP contribution >= 0.6 is 0 Å². The molecule has 1 N–H and O–H groups in total. The van der Waals surface area contributed by atoms with E-state index in [0.717, 1.165) is 0 Å². The Morgan fingerprint density at radius 2 is 1.72 bits per heavy atom. The number of nitrogens with zero attached hydrogens (tertiary/aromatic N) is 1. The van der Waals surface area contributed by atoms with Crippen molar-refractivity contribution in [3.05, 3.63) is 105 Å². The number of nitrogens with one attached hydrogen (secondary N) is 1. The first-order valence-electron chi connectivity index (χ1n) is 9.81. The molecule has 0 amide bonds. The van der Waals surface area contributed by atoms with Gasteiger partial charge in [-0.25, -0.2) is 9.59 Å². The maximum Gasteiger partial charge on any atom is 0.342 e. The molecule has 0 aromatic heterocycles. The molecular weight excluding hydrogens is 412 g/mol. The Labute approximate surface area is 185 Å². The summed E-state index contributed by atoms with van der Waals surface area (Å²) < 4.78 is 10.8. The number of ether oxygens (including phenoxy) is 2. The maximum atomic E-state index is 13.2. The minimum absolute atomic E-state index is 0.0240. The van der Waals surface area contributed by atoms with Crippen LogP contribution in [0.1, 0.15) is 25.3 Å². The van der Waals surface area contributed by atoms with E-state index in [2.05, 4.69) is 11.9 Å². The zero-order valence-corrected chi connectivity index (χ0v) is 17.7. The van der Waals surface area contributed by atoms with E-state index in [1.54, 1.807) is 50.2 Å². The van der Waals surface area contributed by atoms with Crippen LogP contribution in [-0.4, -0.2) is 23.5 Å². The second-order valence-corrected chi connectivity index (χ2v) is 7.08. The van der Waals surface area contributed by atoms with Crippen LogP contribution in [0.25, 0.3) is 0 Å². The van der Waals surface area contributed by atoms with Crippen LogP contribution in [0.2, 0.25) is 0 Å². The number of carbonyl (C=O) groups excluding carboxylic acids is 2. The molecule has 0 bridgehead atoms. The van der Waals surface area contributed by atoms with E-state index in [4.69, 9.17) is 9.47 Å². The van der Waals surface area contributed by atoms with Gasteiger partial charge in [0.2, 0.25) is 0 Å². The number of nitro benzene ring substituents is 1. The first-order chi connectivity index (χ1) is 15.3. The maximum absolute atomic E-state index is 13.2. The summed E-state index contributed by atoms with van der Waals surface area (Å²) in [7, 11) is 0. The van der Waals surface area contributed by atoms with E-state index in [9.17, 15) is 19.7 Å². The van der Waals surface area contributed by atoms with Crippen molar-refractivity contribution in [2.75, 3.05) is 6.61 Å². The summed E-state index contributed by atoms with van der Waals surface area (Å²) in [4.78, 5) is 37.0. The molecule has 8 nitrogen and oxygen atoms in total. The summed E-state index contributed by atoms with van der Waals surface area (Å²) in [5.74, 6) is -1.94. The number of dihydropyridines is 1. The van der Waals surface area contributed by atoms with Gasteiger partial charge >= 0.3 is 11.9 Å². The Balaban J connectivity index is 2.12. The van der Waals surface area contributed by atoms with Crippen LogP contribution in [0.15, 0.2) is 89.8 Å². The van der Waals surface area contributed by atoms with E-state index >= 15 is 0 Å². The Kier molecular flexibility index (Phi) is 6.84. The van der Waals surface area contributed by atoms with E-state index in [1.807, 2.05) is 0 Å². The van der Waals surface area contributed by atoms with Crippen molar-refractivity contribution >= 4 is 17.6 Å². The number of esters is 2. The average Bonchev–Trinajstić information content (AvgIpc) is 2.77. The molecule has 1 unspecified atom stereocenters. The fraction of sp³-hybridized carbons (Fsp3) is 0.167. The van der Waals surface area contributed by atoms with Crippen LogP contribution in [0.5, 0.6) is 5.75 Å². The van der Waals surface area contributed by atoms with Gasteiger partial charge in [0.1, 0.15) is 12.4 Å². The lowest BCUT2D eigenvalue weighted by molar-refractivity contribution is -0.384. The summed E-state index contributed by atoms with van der Waals surface area (Å²) >= 11 is 0. The van der Waals surface area contributed by atoms with E-state index in [-0.39, 0.29) is 23.4 Å². The summed E-state index contributed by atoms with van der Waals surface area (Å²) in [6.07, 6.45) is 1.43. The number of nitro groups is 1. The highest BCUT2D eigenvalue weighted by Gasteiger charge is 2.38. The van der Waals surface area contributed by atoms with Crippen molar-refractivity contribution < 1.29 is 24.0 Å². The molecule has 1 heterocycles. The topological polar surface area (TPSA) is 108 Å². The van der Waals surface area contributed by atoms with Gasteiger partial charge in [-0.3, -0.25) is 10.1 Å². The fourth-order valence-corrected chi connectivity index (χ4v) is 3.55. The summed E-state index contributed by atoms with van der Waals surface area (Å²) in [6, 6.07) is 14.3. The highest BCUT2D eigenvalue weighted by atomic mass is 16.6. The smallest absolute Gasteiger partial charge is 0.342 e. The van der Waals surface area contributed by atoms with Crippen LogP contribution in [0.3, 0.4) is 0 Å². The lowest BCUT2D eigenvalue weighted by Crippen LogP contribution is -2.33. The average molecular weight is 434 g/mol. The second-order valence-electron chi connectivity index (χ2n) is 7.08. The molecule has 8 heteroatoms. The molecule has 1 aliphatic rings. The van der Waals surface area contributed by atoms with E-state index in [1.165, 1.54) is 24.3 Å².